The molecule has 0 saturated carbocycles. The lowest BCUT2D eigenvalue weighted by Gasteiger charge is -2.33. The number of pyridine rings is 1. The number of piperidine rings is 1. The normalized spacial score (nSPS) is 16.0. The first kappa shape index (κ1) is 24.3. The molecule has 1 aromatic carbocycles. The van der Waals surface area contributed by atoms with Gasteiger partial charge in [-0.05, 0) is 51.3 Å². The molecule has 0 spiro atoms. The molecule has 0 radical (unpaired) electrons. The molecule has 1 fully saturated rings. The molecule has 0 unspecified atom stereocenters. The van der Waals surface area contributed by atoms with Gasteiger partial charge in [-0.25, -0.2) is 9.98 Å². The molecular formula is C25H40N6O. The van der Waals surface area contributed by atoms with Crippen molar-refractivity contribution >= 4 is 22.7 Å². The fourth-order valence-electron chi connectivity index (χ4n) is 3.99. The third-order valence-corrected chi connectivity index (χ3v) is 5.79. The molecule has 7 nitrogen and oxygen atoms in total. The number of guanidine groups is 1. The maximum absolute atomic E-state index is 5.70. The van der Waals surface area contributed by atoms with E-state index in [1.165, 1.54) is 5.56 Å². The van der Waals surface area contributed by atoms with Gasteiger partial charge in [-0.15, -0.1) is 0 Å². The van der Waals surface area contributed by atoms with Crippen molar-refractivity contribution < 1.29 is 4.74 Å². The number of aromatic nitrogens is 1. The van der Waals surface area contributed by atoms with Crippen molar-refractivity contribution in [2.45, 2.75) is 52.3 Å². The maximum atomic E-state index is 5.70. The van der Waals surface area contributed by atoms with Crippen LogP contribution in [-0.2, 0) is 11.3 Å². The summed E-state index contributed by atoms with van der Waals surface area (Å²) < 4.78 is 5.70. The second kappa shape index (κ2) is 12.0. The molecule has 1 aliphatic rings. The Bertz CT molecular complexity index is 874. The first-order valence-corrected chi connectivity index (χ1v) is 11.9. The fraction of sp³-hybridized carbons (Fsp3) is 0.600. The highest BCUT2D eigenvalue weighted by Crippen LogP contribution is 2.22. The van der Waals surface area contributed by atoms with Crippen LogP contribution < -0.4 is 15.5 Å². The Balaban J connectivity index is 1.62. The first-order valence-electron chi connectivity index (χ1n) is 11.9. The highest BCUT2D eigenvalue weighted by atomic mass is 16.5. The third-order valence-electron chi connectivity index (χ3n) is 5.79. The van der Waals surface area contributed by atoms with Crippen LogP contribution in [0.4, 0.5) is 5.82 Å². The van der Waals surface area contributed by atoms with Crippen molar-refractivity contribution in [3.8, 4) is 0 Å². The average molecular weight is 441 g/mol. The van der Waals surface area contributed by atoms with E-state index < -0.39 is 0 Å². The largest absolute Gasteiger partial charge is 0.377 e. The number of likely N-dealkylation sites (tertiary alicyclic amines) is 1. The number of benzene rings is 1. The molecule has 0 aliphatic carbocycles. The summed E-state index contributed by atoms with van der Waals surface area (Å²) >= 11 is 0. The van der Waals surface area contributed by atoms with Crippen molar-refractivity contribution in [1.29, 1.82) is 0 Å². The minimum atomic E-state index is 0.305. The molecule has 2 heterocycles. The van der Waals surface area contributed by atoms with Crippen molar-refractivity contribution in [3.05, 3.63) is 35.9 Å². The first-order chi connectivity index (χ1) is 15.5. The van der Waals surface area contributed by atoms with Crippen LogP contribution >= 0.6 is 0 Å². The predicted molar refractivity (Wildman–Crippen MR) is 135 cm³/mol. The standard InChI is InChI=1S/C25H40N6O/c1-6-26-25(28-21-11-13-31(14-12-21)15-16-32-19(2)3)27-18-20-17-24(30(4)5)29-23-10-8-7-9-22(20)23/h7-10,17,19,21H,6,11-16,18H2,1-5H3,(H2,26,27,28). The van der Waals surface area contributed by atoms with Crippen molar-refractivity contribution in [2.75, 3.05) is 51.8 Å². The van der Waals surface area contributed by atoms with Crippen LogP contribution in [0, 0.1) is 0 Å². The number of nitrogens with zero attached hydrogens (tertiary/aromatic N) is 4. The summed E-state index contributed by atoms with van der Waals surface area (Å²) in [5, 5.41) is 8.25. The zero-order valence-corrected chi connectivity index (χ0v) is 20.4. The molecule has 32 heavy (non-hydrogen) atoms. The summed E-state index contributed by atoms with van der Waals surface area (Å²) in [5.74, 6) is 1.85. The number of anilines is 1. The highest BCUT2D eigenvalue weighted by Gasteiger charge is 2.20. The summed E-state index contributed by atoms with van der Waals surface area (Å²) in [6.45, 7) is 11.8. The Hall–Kier alpha value is -2.38. The van der Waals surface area contributed by atoms with E-state index in [2.05, 4.69) is 60.6 Å². The lowest BCUT2D eigenvalue weighted by atomic mass is 10.1. The van der Waals surface area contributed by atoms with Gasteiger partial charge in [0, 0.05) is 51.7 Å². The van der Waals surface area contributed by atoms with Gasteiger partial charge in [0.1, 0.15) is 5.82 Å². The van der Waals surface area contributed by atoms with Gasteiger partial charge >= 0.3 is 0 Å². The van der Waals surface area contributed by atoms with Crippen molar-refractivity contribution in [3.63, 3.8) is 0 Å². The van der Waals surface area contributed by atoms with Crippen LogP contribution in [0.2, 0.25) is 0 Å². The van der Waals surface area contributed by atoms with Gasteiger partial charge < -0.3 is 25.2 Å². The number of hydrogen-bond donors (Lipinski definition) is 2. The van der Waals surface area contributed by atoms with Crippen LogP contribution in [0.3, 0.4) is 0 Å². The molecular weight excluding hydrogens is 400 g/mol. The highest BCUT2D eigenvalue weighted by molar-refractivity contribution is 5.85. The summed E-state index contributed by atoms with van der Waals surface area (Å²) in [6.07, 6.45) is 2.55. The Morgan fingerprint density at radius 3 is 2.69 bits per heavy atom. The molecule has 1 aromatic heterocycles. The van der Waals surface area contributed by atoms with Crippen molar-refractivity contribution in [2.24, 2.45) is 4.99 Å². The average Bonchev–Trinajstić information content (AvgIpc) is 2.78. The van der Waals surface area contributed by atoms with Crippen LogP contribution in [0.1, 0.15) is 39.2 Å². The van der Waals surface area contributed by atoms with E-state index in [1.807, 2.05) is 25.1 Å². The molecule has 1 aliphatic heterocycles. The quantitative estimate of drug-likeness (QED) is 0.461. The zero-order valence-electron chi connectivity index (χ0n) is 20.4. The van der Waals surface area contributed by atoms with E-state index in [1.54, 1.807) is 0 Å². The predicted octanol–water partition coefficient (Wildman–Crippen LogP) is 3.25. The monoisotopic (exact) mass is 440 g/mol. The van der Waals surface area contributed by atoms with E-state index in [4.69, 9.17) is 14.7 Å². The summed E-state index contributed by atoms with van der Waals surface area (Å²) in [7, 11) is 4.05. The lowest BCUT2D eigenvalue weighted by Crippen LogP contribution is -2.49. The topological polar surface area (TPSA) is 65.0 Å². The van der Waals surface area contributed by atoms with Crippen LogP contribution in [0.25, 0.3) is 10.9 Å². The number of fused-ring (bicyclic) bond motifs is 1. The van der Waals surface area contributed by atoms with E-state index in [0.29, 0.717) is 18.7 Å². The van der Waals surface area contributed by atoms with E-state index in [0.717, 1.165) is 68.3 Å². The van der Waals surface area contributed by atoms with Gasteiger partial charge in [-0.3, -0.25) is 0 Å². The van der Waals surface area contributed by atoms with E-state index in [9.17, 15) is 0 Å². The number of rotatable bonds is 9. The van der Waals surface area contributed by atoms with Crippen LogP contribution in [0.15, 0.2) is 35.3 Å². The minimum Gasteiger partial charge on any atom is -0.377 e. The van der Waals surface area contributed by atoms with Crippen molar-refractivity contribution in [1.82, 2.24) is 20.5 Å². The zero-order chi connectivity index (χ0) is 22.9. The number of hydrogen-bond acceptors (Lipinski definition) is 5. The molecule has 0 bridgehead atoms. The second-order valence-electron chi connectivity index (χ2n) is 8.93. The van der Waals surface area contributed by atoms with Gasteiger partial charge in [-0.2, -0.15) is 0 Å². The van der Waals surface area contributed by atoms with Crippen LogP contribution in [0.5, 0.6) is 0 Å². The summed E-state index contributed by atoms with van der Waals surface area (Å²) in [4.78, 5) is 14.2. The van der Waals surface area contributed by atoms with Gasteiger partial charge in [-0.1, -0.05) is 18.2 Å². The van der Waals surface area contributed by atoms with E-state index in [-0.39, 0.29) is 0 Å². The number of aliphatic imine (C=N–C) groups is 1. The van der Waals surface area contributed by atoms with Gasteiger partial charge in [0.05, 0.1) is 24.8 Å². The lowest BCUT2D eigenvalue weighted by molar-refractivity contribution is 0.0532. The third kappa shape index (κ3) is 7.07. The number of para-hydroxylation sites is 1. The van der Waals surface area contributed by atoms with Gasteiger partial charge in [0.25, 0.3) is 0 Å². The molecule has 0 atom stereocenters. The molecule has 3 rings (SSSR count). The fourth-order valence-corrected chi connectivity index (χ4v) is 3.99. The maximum Gasteiger partial charge on any atom is 0.191 e. The molecule has 2 N–H and O–H groups in total. The molecule has 0 amide bonds. The van der Waals surface area contributed by atoms with Gasteiger partial charge in [0.15, 0.2) is 5.96 Å². The molecule has 7 heteroatoms. The Kier molecular flexibility index (Phi) is 9.11. The molecule has 176 valence electrons. The summed E-state index contributed by atoms with van der Waals surface area (Å²) in [6, 6.07) is 10.9. The Morgan fingerprint density at radius 2 is 2.00 bits per heavy atom. The number of ether oxygens (including phenoxy) is 1. The van der Waals surface area contributed by atoms with E-state index >= 15 is 0 Å². The molecule has 2 aromatic rings. The SMILES string of the molecule is CCNC(=NCc1cc(N(C)C)nc2ccccc12)NC1CCN(CCOC(C)C)CC1. The summed E-state index contributed by atoms with van der Waals surface area (Å²) in [5.41, 5.74) is 2.20. The molecule has 1 saturated heterocycles. The number of nitrogens with one attached hydrogen (secondary N) is 2. The van der Waals surface area contributed by atoms with Crippen LogP contribution in [-0.4, -0.2) is 74.9 Å². The van der Waals surface area contributed by atoms with Gasteiger partial charge in [0.2, 0.25) is 0 Å². The Morgan fingerprint density at radius 1 is 1.25 bits per heavy atom. The second-order valence-corrected chi connectivity index (χ2v) is 8.93. The smallest absolute Gasteiger partial charge is 0.191 e. The Labute approximate surface area is 193 Å². The minimum absolute atomic E-state index is 0.305.